The highest BCUT2D eigenvalue weighted by molar-refractivity contribution is 5.74. The lowest BCUT2D eigenvalue weighted by Gasteiger charge is -2.01. The average Bonchev–Trinajstić information content (AvgIpc) is 3.05. The van der Waals surface area contributed by atoms with E-state index in [1.165, 1.54) is 5.56 Å². The van der Waals surface area contributed by atoms with Gasteiger partial charge < -0.3 is 0 Å². The van der Waals surface area contributed by atoms with E-state index >= 15 is 0 Å². The van der Waals surface area contributed by atoms with Crippen LogP contribution in [0.5, 0.6) is 0 Å². The van der Waals surface area contributed by atoms with Gasteiger partial charge in [0, 0.05) is 11.8 Å². The number of hydrogen-bond acceptors (Lipinski definition) is 3. The molecule has 4 heteroatoms. The van der Waals surface area contributed by atoms with Crippen LogP contribution in [0.4, 0.5) is 11.5 Å². The highest BCUT2D eigenvalue weighted by Gasteiger charge is 2.13. The third-order valence-electron chi connectivity index (χ3n) is 4.39. The van der Waals surface area contributed by atoms with Crippen molar-refractivity contribution in [3.63, 3.8) is 0 Å². The molecule has 4 aromatic rings. The number of fused-ring (bicyclic) bond motifs is 1. The molecule has 2 aromatic heterocycles. The van der Waals surface area contributed by atoms with Crippen molar-refractivity contribution in [3.05, 3.63) is 84.1 Å². The average molecular weight is 340 g/mol. The number of rotatable bonds is 4. The summed E-state index contributed by atoms with van der Waals surface area (Å²) in [5, 5.41) is 9.02. The van der Waals surface area contributed by atoms with Gasteiger partial charge in [0.2, 0.25) is 0 Å². The number of aromatic nitrogens is 2. The zero-order chi connectivity index (χ0) is 17.9. The van der Waals surface area contributed by atoms with Crippen LogP contribution in [0.3, 0.4) is 0 Å². The fourth-order valence-corrected chi connectivity index (χ4v) is 2.93. The second kappa shape index (κ2) is 6.92. The van der Waals surface area contributed by atoms with Crippen molar-refractivity contribution in [2.24, 2.45) is 10.2 Å². The van der Waals surface area contributed by atoms with Gasteiger partial charge in [-0.25, -0.2) is 4.98 Å². The normalized spacial score (nSPS) is 11.5. The Hall–Kier alpha value is -3.27. The topological polar surface area (TPSA) is 42.0 Å². The molecule has 0 fully saturated rings. The first-order chi connectivity index (χ1) is 12.7. The molecular formula is C22H20N4. The Morgan fingerprint density at radius 1 is 0.885 bits per heavy atom. The van der Waals surface area contributed by atoms with E-state index in [-0.39, 0.29) is 0 Å². The minimum absolute atomic E-state index is 0.745. The van der Waals surface area contributed by atoms with Crippen LogP contribution < -0.4 is 0 Å². The summed E-state index contributed by atoms with van der Waals surface area (Å²) in [6.07, 6.45) is 3.06. The zero-order valence-corrected chi connectivity index (χ0v) is 14.9. The number of azo groups is 1. The number of imidazole rings is 1. The lowest BCUT2D eigenvalue weighted by Crippen LogP contribution is -1.85. The second-order valence-electron chi connectivity index (χ2n) is 6.30. The van der Waals surface area contributed by atoms with Crippen molar-refractivity contribution in [2.75, 3.05) is 0 Å². The van der Waals surface area contributed by atoms with E-state index in [0.717, 1.165) is 40.4 Å². The molecule has 4 nitrogen and oxygen atoms in total. The van der Waals surface area contributed by atoms with E-state index in [2.05, 4.69) is 42.3 Å². The molecule has 0 unspecified atom stereocenters. The zero-order valence-electron chi connectivity index (χ0n) is 14.9. The van der Waals surface area contributed by atoms with Gasteiger partial charge in [-0.2, -0.15) is 0 Å². The highest BCUT2D eigenvalue weighted by atomic mass is 15.2. The summed E-state index contributed by atoms with van der Waals surface area (Å²) < 4.78 is 2.00. The van der Waals surface area contributed by atoms with Gasteiger partial charge >= 0.3 is 0 Å². The van der Waals surface area contributed by atoms with Crippen LogP contribution in [-0.4, -0.2) is 9.38 Å². The summed E-state index contributed by atoms with van der Waals surface area (Å²) in [5.74, 6) is 0.745. The fourth-order valence-electron chi connectivity index (χ4n) is 2.93. The van der Waals surface area contributed by atoms with Crippen LogP contribution in [0.2, 0.25) is 0 Å². The van der Waals surface area contributed by atoms with Crippen molar-refractivity contribution in [1.29, 1.82) is 0 Å². The third-order valence-corrected chi connectivity index (χ3v) is 4.39. The van der Waals surface area contributed by atoms with E-state index in [4.69, 9.17) is 4.98 Å². The fraction of sp³-hybridized carbons (Fsp3) is 0.136. The summed E-state index contributed by atoms with van der Waals surface area (Å²) in [4.78, 5) is 4.77. The van der Waals surface area contributed by atoms with Gasteiger partial charge in [-0.15, -0.1) is 10.2 Å². The minimum atomic E-state index is 0.745. The minimum Gasteiger partial charge on any atom is -0.282 e. The summed E-state index contributed by atoms with van der Waals surface area (Å²) in [7, 11) is 0. The second-order valence-corrected chi connectivity index (χ2v) is 6.30. The molecule has 4 rings (SSSR count). The van der Waals surface area contributed by atoms with Gasteiger partial charge in [0.25, 0.3) is 0 Å². The van der Waals surface area contributed by atoms with Crippen molar-refractivity contribution >= 4 is 17.2 Å². The Labute approximate surface area is 152 Å². The Kier molecular flexibility index (Phi) is 4.32. The molecule has 2 aromatic carbocycles. The van der Waals surface area contributed by atoms with Gasteiger partial charge in [0.05, 0.1) is 5.69 Å². The first-order valence-electron chi connectivity index (χ1n) is 8.79. The number of hydrogen-bond donors (Lipinski definition) is 0. The molecule has 0 radical (unpaired) electrons. The van der Waals surface area contributed by atoms with Gasteiger partial charge in [0.15, 0.2) is 5.82 Å². The number of nitrogens with zero attached hydrogens (tertiary/aromatic N) is 4. The molecule has 2 heterocycles. The molecule has 0 aliphatic rings. The quantitative estimate of drug-likeness (QED) is 0.403. The van der Waals surface area contributed by atoms with Crippen LogP contribution in [0.15, 0.2) is 83.2 Å². The molecule has 0 aliphatic carbocycles. The molecule has 0 saturated carbocycles. The van der Waals surface area contributed by atoms with Crippen molar-refractivity contribution in [3.8, 4) is 11.3 Å². The Balaban J connectivity index is 1.83. The summed E-state index contributed by atoms with van der Waals surface area (Å²) in [6.45, 7) is 4.20. The van der Waals surface area contributed by atoms with Crippen LogP contribution >= 0.6 is 0 Å². The number of aryl methyl sites for hydroxylation is 2. The Morgan fingerprint density at radius 3 is 2.38 bits per heavy atom. The standard InChI is InChI=1S/C22H20N4/c1-3-17-10-12-19(13-11-17)24-25-22-21(18-7-5-4-6-8-18)23-20-14-9-16(2)15-26(20)22/h4-15H,3H2,1-2H3. The van der Waals surface area contributed by atoms with Crippen LogP contribution in [0.25, 0.3) is 16.9 Å². The van der Waals surface area contributed by atoms with E-state index in [1.54, 1.807) is 0 Å². The molecular weight excluding hydrogens is 320 g/mol. The summed E-state index contributed by atoms with van der Waals surface area (Å²) in [5.41, 5.74) is 6.01. The van der Waals surface area contributed by atoms with Gasteiger partial charge in [-0.1, -0.05) is 55.5 Å². The monoisotopic (exact) mass is 340 g/mol. The van der Waals surface area contributed by atoms with Crippen molar-refractivity contribution in [1.82, 2.24) is 9.38 Å². The smallest absolute Gasteiger partial charge is 0.187 e. The van der Waals surface area contributed by atoms with Gasteiger partial charge in [-0.3, -0.25) is 4.40 Å². The first-order valence-corrected chi connectivity index (χ1v) is 8.79. The van der Waals surface area contributed by atoms with Crippen molar-refractivity contribution in [2.45, 2.75) is 20.3 Å². The van der Waals surface area contributed by atoms with E-state index in [9.17, 15) is 0 Å². The lowest BCUT2D eigenvalue weighted by molar-refractivity contribution is 1.09. The molecule has 0 N–H and O–H groups in total. The lowest BCUT2D eigenvalue weighted by atomic mass is 10.1. The molecule has 0 saturated heterocycles. The maximum atomic E-state index is 4.77. The predicted molar refractivity (Wildman–Crippen MR) is 105 cm³/mol. The van der Waals surface area contributed by atoms with Crippen LogP contribution in [0.1, 0.15) is 18.1 Å². The van der Waals surface area contributed by atoms with Gasteiger partial charge in [-0.05, 0) is 42.7 Å². The van der Waals surface area contributed by atoms with Gasteiger partial charge in [0.1, 0.15) is 11.3 Å². The molecule has 0 aliphatic heterocycles. The maximum Gasteiger partial charge on any atom is 0.187 e. The molecule has 26 heavy (non-hydrogen) atoms. The number of pyridine rings is 1. The summed E-state index contributed by atoms with van der Waals surface area (Å²) >= 11 is 0. The largest absolute Gasteiger partial charge is 0.282 e. The van der Waals surface area contributed by atoms with Crippen molar-refractivity contribution < 1.29 is 0 Å². The number of benzene rings is 2. The Morgan fingerprint density at radius 2 is 1.65 bits per heavy atom. The van der Waals surface area contributed by atoms with E-state index in [1.807, 2.05) is 59.1 Å². The molecule has 128 valence electrons. The maximum absolute atomic E-state index is 4.77. The molecule has 0 bridgehead atoms. The molecule has 0 atom stereocenters. The van der Waals surface area contributed by atoms with E-state index in [0.29, 0.717) is 0 Å². The van der Waals surface area contributed by atoms with E-state index < -0.39 is 0 Å². The molecule has 0 spiro atoms. The Bertz CT molecular complexity index is 1060. The highest BCUT2D eigenvalue weighted by Crippen LogP contribution is 2.32. The predicted octanol–water partition coefficient (Wildman–Crippen LogP) is 6.29. The van der Waals surface area contributed by atoms with Crippen LogP contribution in [0, 0.1) is 6.92 Å². The SMILES string of the molecule is CCc1ccc(N=Nc2c(-c3ccccc3)nc3ccc(C)cn23)cc1. The van der Waals surface area contributed by atoms with Crippen LogP contribution in [-0.2, 0) is 6.42 Å². The first kappa shape index (κ1) is 16.2. The summed E-state index contributed by atoms with van der Waals surface area (Å²) in [6, 6.07) is 22.4. The molecule has 0 amide bonds. The third kappa shape index (κ3) is 3.14.